The second kappa shape index (κ2) is 6.41. The van der Waals surface area contributed by atoms with Gasteiger partial charge >= 0.3 is 0 Å². The highest BCUT2D eigenvalue weighted by molar-refractivity contribution is 9.09. The Balaban J connectivity index is 2.48. The summed E-state index contributed by atoms with van der Waals surface area (Å²) in [6, 6.07) is 14.3. The Labute approximate surface area is 140 Å². The number of hydrogen-bond acceptors (Lipinski definition) is 1. The fourth-order valence-corrected chi connectivity index (χ4v) is 3.62. The predicted octanol–water partition coefficient (Wildman–Crippen LogP) is 6.13. The Hall–Kier alpha value is -0.990. The molecule has 0 aliphatic carbocycles. The van der Waals surface area contributed by atoms with Gasteiger partial charge in [-0.25, -0.2) is 0 Å². The predicted molar refractivity (Wildman–Crippen MR) is 93.9 cm³/mol. The monoisotopic (exact) mass is 366 g/mol. The van der Waals surface area contributed by atoms with E-state index in [2.05, 4.69) is 61.0 Å². The highest BCUT2D eigenvalue weighted by Gasteiger charge is 2.23. The van der Waals surface area contributed by atoms with Gasteiger partial charge in [0.1, 0.15) is 5.75 Å². The molecule has 1 nitrogen and oxygen atoms in total. The molecule has 1 atom stereocenters. The second-order valence-corrected chi connectivity index (χ2v) is 7.41. The van der Waals surface area contributed by atoms with Crippen LogP contribution in [0, 0.1) is 0 Å². The van der Waals surface area contributed by atoms with Crippen molar-refractivity contribution in [2.24, 2.45) is 0 Å². The smallest absolute Gasteiger partial charge is 0.120 e. The standard InChI is InChI=1S/C18H20BrClO/c1-18(2,3)15-8-6-5-7-13(15)17(19)14-10-9-12(21-4)11-16(14)20/h5-11,17H,1-4H3. The van der Waals surface area contributed by atoms with Gasteiger partial charge in [0.05, 0.1) is 11.9 Å². The van der Waals surface area contributed by atoms with Crippen LogP contribution in [0.4, 0.5) is 0 Å². The maximum atomic E-state index is 6.41. The van der Waals surface area contributed by atoms with Gasteiger partial charge in [-0.15, -0.1) is 0 Å². The molecule has 21 heavy (non-hydrogen) atoms. The van der Waals surface area contributed by atoms with Crippen LogP contribution in [-0.2, 0) is 5.41 Å². The molecule has 0 heterocycles. The molecule has 0 fully saturated rings. The first-order valence-corrected chi connectivity index (χ1v) is 8.21. The third-order valence-electron chi connectivity index (χ3n) is 3.52. The number of hydrogen-bond donors (Lipinski definition) is 0. The van der Waals surface area contributed by atoms with Gasteiger partial charge in [0.15, 0.2) is 0 Å². The molecule has 0 radical (unpaired) electrons. The van der Waals surface area contributed by atoms with Crippen molar-refractivity contribution in [3.8, 4) is 5.75 Å². The molecule has 0 spiro atoms. The van der Waals surface area contributed by atoms with Crippen molar-refractivity contribution in [1.29, 1.82) is 0 Å². The molecule has 0 aliphatic heterocycles. The number of methoxy groups -OCH3 is 1. The maximum Gasteiger partial charge on any atom is 0.120 e. The minimum atomic E-state index is 0.0614. The highest BCUT2D eigenvalue weighted by Crippen LogP contribution is 2.40. The number of alkyl halides is 1. The quantitative estimate of drug-likeness (QED) is 0.593. The van der Waals surface area contributed by atoms with Crippen molar-refractivity contribution < 1.29 is 4.74 Å². The molecular formula is C18H20BrClO. The topological polar surface area (TPSA) is 9.23 Å². The third-order valence-corrected chi connectivity index (χ3v) is 4.84. The minimum Gasteiger partial charge on any atom is -0.497 e. The van der Waals surface area contributed by atoms with Crippen molar-refractivity contribution >= 4 is 27.5 Å². The van der Waals surface area contributed by atoms with E-state index in [1.165, 1.54) is 11.1 Å². The molecule has 0 saturated heterocycles. The van der Waals surface area contributed by atoms with Crippen LogP contribution in [0.25, 0.3) is 0 Å². The Morgan fingerprint density at radius 2 is 1.71 bits per heavy atom. The van der Waals surface area contributed by atoms with Crippen molar-refractivity contribution in [3.05, 3.63) is 64.2 Å². The van der Waals surface area contributed by atoms with Gasteiger partial charge in [-0.1, -0.05) is 78.6 Å². The first-order chi connectivity index (χ1) is 9.84. The molecule has 3 heteroatoms. The molecule has 0 N–H and O–H groups in total. The van der Waals surface area contributed by atoms with Crippen LogP contribution in [0.3, 0.4) is 0 Å². The van der Waals surface area contributed by atoms with Crippen molar-refractivity contribution in [2.75, 3.05) is 7.11 Å². The molecular weight excluding hydrogens is 348 g/mol. The van der Waals surface area contributed by atoms with Crippen LogP contribution in [0.15, 0.2) is 42.5 Å². The Morgan fingerprint density at radius 3 is 2.29 bits per heavy atom. The zero-order valence-corrected chi connectivity index (χ0v) is 15.1. The number of ether oxygens (including phenoxy) is 1. The van der Waals surface area contributed by atoms with E-state index in [4.69, 9.17) is 16.3 Å². The van der Waals surface area contributed by atoms with E-state index in [9.17, 15) is 0 Å². The molecule has 2 aromatic rings. The largest absolute Gasteiger partial charge is 0.497 e. The van der Waals surface area contributed by atoms with E-state index in [-0.39, 0.29) is 10.2 Å². The summed E-state index contributed by atoms with van der Waals surface area (Å²) in [4.78, 5) is 0.0614. The van der Waals surface area contributed by atoms with E-state index in [1.807, 2.05) is 18.2 Å². The molecule has 2 aromatic carbocycles. The Morgan fingerprint density at radius 1 is 1.05 bits per heavy atom. The summed E-state index contributed by atoms with van der Waals surface area (Å²) >= 11 is 10.2. The average molecular weight is 368 g/mol. The number of rotatable bonds is 3. The SMILES string of the molecule is COc1ccc(C(Br)c2ccccc2C(C)(C)C)c(Cl)c1. The second-order valence-electron chi connectivity index (χ2n) is 6.09. The van der Waals surface area contributed by atoms with Crippen LogP contribution < -0.4 is 4.74 Å². The average Bonchev–Trinajstić information content (AvgIpc) is 2.45. The fraction of sp³-hybridized carbons (Fsp3) is 0.333. The Bertz CT molecular complexity index is 631. The lowest BCUT2D eigenvalue weighted by Gasteiger charge is -2.25. The summed E-state index contributed by atoms with van der Waals surface area (Å²) < 4.78 is 5.21. The molecule has 0 aromatic heterocycles. The molecule has 0 bridgehead atoms. The van der Waals surface area contributed by atoms with Gasteiger partial charge in [-0.3, -0.25) is 0 Å². The van der Waals surface area contributed by atoms with Crippen molar-refractivity contribution in [3.63, 3.8) is 0 Å². The fourth-order valence-electron chi connectivity index (χ4n) is 2.41. The van der Waals surface area contributed by atoms with Crippen molar-refractivity contribution in [1.82, 2.24) is 0 Å². The van der Waals surface area contributed by atoms with Crippen LogP contribution >= 0.6 is 27.5 Å². The van der Waals surface area contributed by atoms with Crippen LogP contribution in [-0.4, -0.2) is 7.11 Å². The van der Waals surface area contributed by atoms with Gasteiger partial charge in [0.25, 0.3) is 0 Å². The van der Waals surface area contributed by atoms with Gasteiger partial charge in [-0.05, 0) is 34.2 Å². The molecule has 1 unspecified atom stereocenters. The van der Waals surface area contributed by atoms with E-state index in [0.29, 0.717) is 5.02 Å². The third kappa shape index (κ3) is 3.61. The van der Waals surface area contributed by atoms with E-state index in [1.54, 1.807) is 7.11 Å². The lowest BCUT2D eigenvalue weighted by atomic mass is 9.82. The lowest BCUT2D eigenvalue weighted by Crippen LogP contribution is -2.15. The van der Waals surface area contributed by atoms with Gasteiger partial charge in [-0.2, -0.15) is 0 Å². The lowest BCUT2D eigenvalue weighted by molar-refractivity contribution is 0.414. The minimum absolute atomic E-state index is 0.0614. The summed E-state index contributed by atoms with van der Waals surface area (Å²) in [5, 5.41) is 0.708. The molecule has 112 valence electrons. The van der Waals surface area contributed by atoms with E-state index < -0.39 is 0 Å². The Kier molecular flexibility index (Phi) is 5.00. The summed E-state index contributed by atoms with van der Waals surface area (Å²) in [5.74, 6) is 0.771. The normalized spacial score (nSPS) is 13.0. The zero-order valence-electron chi connectivity index (χ0n) is 12.8. The van der Waals surface area contributed by atoms with E-state index >= 15 is 0 Å². The molecule has 0 saturated carbocycles. The van der Waals surface area contributed by atoms with Crippen LogP contribution in [0.5, 0.6) is 5.75 Å². The summed E-state index contributed by atoms with van der Waals surface area (Å²) in [6.45, 7) is 6.67. The van der Waals surface area contributed by atoms with Crippen LogP contribution in [0.1, 0.15) is 42.3 Å². The van der Waals surface area contributed by atoms with E-state index in [0.717, 1.165) is 11.3 Å². The molecule has 0 aliphatic rings. The first kappa shape index (κ1) is 16.4. The van der Waals surface area contributed by atoms with Crippen LogP contribution in [0.2, 0.25) is 5.02 Å². The highest BCUT2D eigenvalue weighted by atomic mass is 79.9. The van der Waals surface area contributed by atoms with Crippen molar-refractivity contribution in [2.45, 2.75) is 31.0 Å². The summed E-state index contributed by atoms with van der Waals surface area (Å²) in [5.41, 5.74) is 3.70. The maximum absolute atomic E-state index is 6.41. The van der Waals surface area contributed by atoms with Gasteiger partial charge in [0.2, 0.25) is 0 Å². The zero-order chi connectivity index (χ0) is 15.6. The van der Waals surface area contributed by atoms with Gasteiger partial charge in [0, 0.05) is 5.02 Å². The number of benzene rings is 2. The molecule has 2 rings (SSSR count). The first-order valence-electron chi connectivity index (χ1n) is 6.91. The van der Waals surface area contributed by atoms with Gasteiger partial charge < -0.3 is 4.74 Å². The number of halogens is 2. The summed E-state index contributed by atoms with van der Waals surface area (Å²) in [7, 11) is 1.64. The molecule has 0 amide bonds. The summed E-state index contributed by atoms with van der Waals surface area (Å²) in [6.07, 6.45) is 0.